The molecular formula is C20H30N2O2. The quantitative estimate of drug-likeness (QED) is 0.829. The first-order chi connectivity index (χ1) is 11.5. The Bertz CT molecular complexity index is 573. The molecule has 2 aliphatic heterocycles. The molecule has 1 amide bonds. The van der Waals surface area contributed by atoms with Crippen molar-refractivity contribution in [3.05, 3.63) is 29.8 Å². The number of nitrogens with zero attached hydrogens (tertiary/aromatic N) is 2. The number of amides is 1. The van der Waals surface area contributed by atoms with E-state index in [4.69, 9.17) is 4.74 Å². The Balaban J connectivity index is 1.69. The van der Waals surface area contributed by atoms with Crippen molar-refractivity contribution in [1.82, 2.24) is 9.80 Å². The summed E-state index contributed by atoms with van der Waals surface area (Å²) in [6, 6.07) is 9.35. The number of carbonyl (C=O) groups is 1. The summed E-state index contributed by atoms with van der Waals surface area (Å²) in [5, 5.41) is 0. The smallest absolute Gasteiger partial charge is 0.219 e. The van der Waals surface area contributed by atoms with Crippen LogP contribution in [0.25, 0.3) is 0 Å². The van der Waals surface area contributed by atoms with Crippen LogP contribution in [0.4, 0.5) is 0 Å². The second kappa shape index (κ2) is 7.56. The molecule has 24 heavy (non-hydrogen) atoms. The average molecular weight is 330 g/mol. The third-order valence-electron chi connectivity index (χ3n) is 5.22. The van der Waals surface area contributed by atoms with Crippen LogP contribution in [-0.4, -0.2) is 47.0 Å². The lowest BCUT2D eigenvalue weighted by molar-refractivity contribution is -0.130. The van der Waals surface area contributed by atoms with Crippen molar-refractivity contribution in [2.75, 3.05) is 13.1 Å². The van der Waals surface area contributed by atoms with Gasteiger partial charge in [-0.15, -0.1) is 0 Å². The second-order valence-corrected chi connectivity index (χ2v) is 7.42. The number of hydrogen-bond acceptors (Lipinski definition) is 3. The zero-order chi connectivity index (χ0) is 17.1. The third kappa shape index (κ3) is 3.92. The van der Waals surface area contributed by atoms with Gasteiger partial charge in [-0.25, -0.2) is 0 Å². The number of rotatable bonds is 5. The SMILES string of the molecule is CC(=O)N1CCCC1C1CCCN1Cc1cccc(OC(C)C)c1. The van der Waals surface area contributed by atoms with Crippen molar-refractivity contribution in [2.45, 2.75) is 71.2 Å². The molecule has 2 atom stereocenters. The molecule has 0 radical (unpaired) electrons. The van der Waals surface area contributed by atoms with Crippen molar-refractivity contribution >= 4 is 5.91 Å². The van der Waals surface area contributed by atoms with Gasteiger partial charge in [0.05, 0.1) is 6.10 Å². The van der Waals surface area contributed by atoms with Crippen LogP contribution >= 0.6 is 0 Å². The van der Waals surface area contributed by atoms with Crippen LogP contribution in [-0.2, 0) is 11.3 Å². The first-order valence-corrected chi connectivity index (χ1v) is 9.31. The van der Waals surface area contributed by atoms with Gasteiger partial charge < -0.3 is 9.64 Å². The lowest BCUT2D eigenvalue weighted by atomic mass is 10.0. The zero-order valence-electron chi connectivity index (χ0n) is 15.2. The molecular weight excluding hydrogens is 300 g/mol. The minimum atomic E-state index is 0.197. The standard InChI is InChI=1S/C20H30N2O2/c1-15(2)24-18-8-4-7-17(13-18)14-21-11-5-9-19(21)20-10-6-12-22(20)16(3)23/h4,7-8,13,15,19-20H,5-6,9-12,14H2,1-3H3. The average Bonchev–Trinajstić information content (AvgIpc) is 3.15. The van der Waals surface area contributed by atoms with E-state index in [2.05, 4.69) is 41.8 Å². The van der Waals surface area contributed by atoms with Crippen LogP contribution in [0.2, 0.25) is 0 Å². The second-order valence-electron chi connectivity index (χ2n) is 7.42. The van der Waals surface area contributed by atoms with E-state index in [-0.39, 0.29) is 12.0 Å². The van der Waals surface area contributed by atoms with Gasteiger partial charge in [0.15, 0.2) is 0 Å². The molecule has 1 aromatic rings. The molecule has 3 rings (SSSR count). The summed E-state index contributed by atoms with van der Waals surface area (Å²) in [4.78, 5) is 16.6. The summed E-state index contributed by atoms with van der Waals surface area (Å²) < 4.78 is 5.82. The summed E-state index contributed by atoms with van der Waals surface area (Å²) >= 11 is 0. The molecule has 2 aliphatic rings. The van der Waals surface area contributed by atoms with Gasteiger partial charge in [0.25, 0.3) is 0 Å². The van der Waals surface area contributed by atoms with Gasteiger partial charge in [0.1, 0.15) is 5.75 Å². The molecule has 0 aliphatic carbocycles. The first-order valence-electron chi connectivity index (χ1n) is 9.31. The van der Waals surface area contributed by atoms with E-state index in [1.165, 1.54) is 18.4 Å². The van der Waals surface area contributed by atoms with Gasteiger partial charge in [0.2, 0.25) is 5.91 Å². The summed E-state index contributed by atoms with van der Waals surface area (Å²) in [5.41, 5.74) is 1.30. The molecule has 0 saturated carbocycles. The van der Waals surface area contributed by atoms with Gasteiger partial charge >= 0.3 is 0 Å². The largest absolute Gasteiger partial charge is 0.491 e. The number of likely N-dealkylation sites (tertiary alicyclic amines) is 2. The molecule has 0 spiro atoms. The highest BCUT2D eigenvalue weighted by atomic mass is 16.5. The van der Waals surface area contributed by atoms with Gasteiger partial charge in [-0.3, -0.25) is 9.69 Å². The van der Waals surface area contributed by atoms with Crippen LogP contribution in [0.3, 0.4) is 0 Å². The molecule has 1 aromatic carbocycles. The van der Waals surface area contributed by atoms with Crippen molar-refractivity contribution < 1.29 is 9.53 Å². The lowest BCUT2D eigenvalue weighted by Crippen LogP contribution is -2.47. The summed E-state index contributed by atoms with van der Waals surface area (Å²) in [5.74, 6) is 1.18. The van der Waals surface area contributed by atoms with Crippen molar-refractivity contribution in [2.24, 2.45) is 0 Å². The van der Waals surface area contributed by atoms with Crippen LogP contribution < -0.4 is 4.74 Å². The molecule has 2 unspecified atom stereocenters. The van der Waals surface area contributed by atoms with Crippen LogP contribution in [0, 0.1) is 0 Å². The maximum atomic E-state index is 11.9. The molecule has 2 saturated heterocycles. The third-order valence-corrected chi connectivity index (χ3v) is 5.22. The number of carbonyl (C=O) groups excluding carboxylic acids is 1. The number of benzene rings is 1. The predicted octanol–water partition coefficient (Wildman–Crippen LogP) is 3.45. The van der Waals surface area contributed by atoms with Gasteiger partial charge in [0, 0.05) is 32.1 Å². The van der Waals surface area contributed by atoms with Crippen LogP contribution in [0.1, 0.15) is 52.0 Å². The fraction of sp³-hybridized carbons (Fsp3) is 0.650. The topological polar surface area (TPSA) is 32.8 Å². The molecule has 4 nitrogen and oxygen atoms in total. The fourth-order valence-electron chi connectivity index (χ4n) is 4.29. The Hall–Kier alpha value is -1.55. The van der Waals surface area contributed by atoms with Crippen molar-refractivity contribution in [3.8, 4) is 5.75 Å². The Kier molecular flexibility index (Phi) is 5.44. The maximum absolute atomic E-state index is 11.9. The highest BCUT2D eigenvalue weighted by molar-refractivity contribution is 5.74. The van der Waals surface area contributed by atoms with Gasteiger partial charge in [-0.2, -0.15) is 0 Å². The highest BCUT2D eigenvalue weighted by Crippen LogP contribution is 2.31. The summed E-state index contributed by atoms with van der Waals surface area (Å²) in [6.45, 7) is 8.83. The van der Waals surface area contributed by atoms with Gasteiger partial charge in [-0.05, 0) is 63.8 Å². The molecule has 4 heteroatoms. The monoisotopic (exact) mass is 330 g/mol. The minimum absolute atomic E-state index is 0.197. The van der Waals surface area contributed by atoms with Crippen molar-refractivity contribution in [3.63, 3.8) is 0 Å². The number of ether oxygens (including phenoxy) is 1. The van der Waals surface area contributed by atoms with E-state index in [9.17, 15) is 4.79 Å². The Labute approximate surface area is 145 Å². The Morgan fingerprint density at radius 3 is 2.71 bits per heavy atom. The molecule has 2 heterocycles. The molecule has 2 fully saturated rings. The van der Waals surface area contributed by atoms with Crippen LogP contribution in [0.15, 0.2) is 24.3 Å². The molecule has 132 valence electrons. The maximum Gasteiger partial charge on any atom is 0.219 e. The van der Waals surface area contributed by atoms with E-state index in [0.717, 1.165) is 38.2 Å². The predicted molar refractivity (Wildman–Crippen MR) is 96.0 cm³/mol. The molecule has 0 aromatic heterocycles. The summed E-state index contributed by atoms with van der Waals surface area (Å²) in [7, 11) is 0. The highest BCUT2D eigenvalue weighted by Gasteiger charge is 2.38. The molecule has 0 bridgehead atoms. The Morgan fingerprint density at radius 1 is 1.21 bits per heavy atom. The number of hydrogen-bond donors (Lipinski definition) is 0. The van der Waals surface area contributed by atoms with Gasteiger partial charge in [-0.1, -0.05) is 12.1 Å². The fourth-order valence-corrected chi connectivity index (χ4v) is 4.29. The van der Waals surface area contributed by atoms with E-state index < -0.39 is 0 Å². The van der Waals surface area contributed by atoms with Crippen molar-refractivity contribution in [1.29, 1.82) is 0 Å². The minimum Gasteiger partial charge on any atom is -0.491 e. The zero-order valence-corrected chi connectivity index (χ0v) is 15.2. The van der Waals surface area contributed by atoms with Crippen LogP contribution in [0.5, 0.6) is 5.75 Å². The van der Waals surface area contributed by atoms with E-state index in [1.54, 1.807) is 6.92 Å². The Morgan fingerprint density at radius 2 is 1.96 bits per heavy atom. The first kappa shape index (κ1) is 17.3. The van der Waals surface area contributed by atoms with E-state index in [0.29, 0.717) is 12.1 Å². The summed E-state index contributed by atoms with van der Waals surface area (Å²) in [6.07, 6.45) is 4.93. The molecule has 0 N–H and O–H groups in total. The van der Waals surface area contributed by atoms with E-state index in [1.807, 2.05) is 6.07 Å². The lowest BCUT2D eigenvalue weighted by Gasteiger charge is -2.34. The van der Waals surface area contributed by atoms with E-state index >= 15 is 0 Å². The normalized spacial score (nSPS) is 24.8.